The Morgan fingerprint density at radius 3 is 2.13 bits per heavy atom. The molecule has 0 aromatic heterocycles. The topological polar surface area (TPSA) is 49.9 Å². The molecule has 1 heterocycles. The SMILES string of the molecule is COc1ccc([C@H]2C(=O)N(c3ccc(C)c(C)c3)CC(=O)N2c2ccc(Cl)cc2)cc1. The molecule has 4 rings (SSSR count). The summed E-state index contributed by atoms with van der Waals surface area (Å²) in [6, 6.07) is 19.2. The second kappa shape index (κ2) is 8.44. The first-order valence-electron chi connectivity index (χ1n) is 9.99. The van der Waals surface area contributed by atoms with E-state index in [2.05, 4.69) is 0 Å². The molecule has 1 aliphatic heterocycles. The van der Waals surface area contributed by atoms with Crippen LogP contribution in [0.5, 0.6) is 5.75 Å². The lowest BCUT2D eigenvalue weighted by Crippen LogP contribution is -2.56. The van der Waals surface area contributed by atoms with Crippen molar-refractivity contribution in [1.82, 2.24) is 0 Å². The molecular weight excluding hydrogens is 412 g/mol. The summed E-state index contributed by atoms with van der Waals surface area (Å²) >= 11 is 6.04. The van der Waals surface area contributed by atoms with Gasteiger partial charge in [0.15, 0.2) is 0 Å². The Kier molecular flexibility index (Phi) is 5.70. The van der Waals surface area contributed by atoms with Crippen LogP contribution >= 0.6 is 11.6 Å². The molecule has 0 aliphatic carbocycles. The Morgan fingerprint density at radius 2 is 1.52 bits per heavy atom. The van der Waals surface area contributed by atoms with Gasteiger partial charge < -0.3 is 9.64 Å². The molecule has 1 saturated heterocycles. The number of anilines is 2. The van der Waals surface area contributed by atoms with Gasteiger partial charge in [0.05, 0.1) is 7.11 Å². The lowest BCUT2D eigenvalue weighted by atomic mass is 9.98. The minimum absolute atomic E-state index is 0.0311. The summed E-state index contributed by atoms with van der Waals surface area (Å²) in [6.07, 6.45) is 0. The first-order chi connectivity index (χ1) is 14.9. The van der Waals surface area contributed by atoms with Gasteiger partial charge in [0.1, 0.15) is 18.3 Å². The van der Waals surface area contributed by atoms with Gasteiger partial charge in [-0.05, 0) is 79.1 Å². The number of methoxy groups -OCH3 is 1. The van der Waals surface area contributed by atoms with E-state index in [9.17, 15) is 9.59 Å². The van der Waals surface area contributed by atoms with E-state index < -0.39 is 6.04 Å². The molecule has 0 spiro atoms. The van der Waals surface area contributed by atoms with Crippen molar-refractivity contribution in [2.75, 3.05) is 23.5 Å². The second-order valence-electron chi connectivity index (χ2n) is 7.61. The summed E-state index contributed by atoms with van der Waals surface area (Å²) < 4.78 is 5.25. The average molecular weight is 435 g/mol. The third-order valence-electron chi connectivity index (χ3n) is 5.66. The molecule has 2 amide bonds. The average Bonchev–Trinajstić information content (AvgIpc) is 2.77. The number of carbonyl (C=O) groups is 2. The number of ether oxygens (including phenoxy) is 1. The summed E-state index contributed by atoms with van der Waals surface area (Å²) in [7, 11) is 1.59. The van der Waals surface area contributed by atoms with Crippen LogP contribution in [0.25, 0.3) is 0 Å². The molecule has 1 fully saturated rings. The summed E-state index contributed by atoms with van der Waals surface area (Å²) in [5.41, 5.74) is 4.26. The maximum Gasteiger partial charge on any atom is 0.255 e. The number of halogens is 1. The molecule has 1 atom stereocenters. The third-order valence-corrected chi connectivity index (χ3v) is 5.91. The van der Waals surface area contributed by atoms with E-state index >= 15 is 0 Å². The van der Waals surface area contributed by atoms with Crippen LogP contribution in [-0.4, -0.2) is 25.5 Å². The Hall–Kier alpha value is -3.31. The van der Waals surface area contributed by atoms with Crippen LogP contribution in [0.15, 0.2) is 66.7 Å². The number of carbonyl (C=O) groups excluding carboxylic acids is 2. The fourth-order valence-corrected chi connectivity index (χ4v) is 3.90. The molecule has 0 N–H and O–H groups in total. The van der Waals surface area contributed by atoms with Crippen molar-refractivity contribution in [3.05, 3.63) is 88.4 Å². The molecule has 0 bridgehead atoms. The molecule has 3 aromatic rings. The molecule has 0 saturated carbocycles. The maximum absolute atomic E-state index is 13.7. The molecular formula is C25H23ClN2O3. The van der Waals surface area contributed by atoms with Crippen LogP contribution in [0.2, 0.25) is 5.02 Å². The van der Waals surface area contributed by atoms with E-state index in [1.807, 2.05) is 44.2 Å². The van der Waals surface area contributed by atoms with Gasteiger partial charge in [-0.25, -0.2) is 0 Å². The van der Waals surface area contributed by atoms with Gasteiger partial charge in [-0.15, -0.1) is 0 Å². The number of piperazine rings is 1. The summed E-state index contributed by atoms with van der Waals surface area (Å²) in [6.45, 7) is 3.98. The van der Waals surface area contributed by atoms with Gasteiger partial charge in [0, 0.05) is 16.4 Å². The lowest BCUT2D eigenvalue weighted by Gasteiger charge is -2.40. The normalized spacial score (nSPS) is 16.6. The highest BCUT2D eigenvalue weighted by molar-refractivity contribution is 6.30. The number of aryl methyl sites for hydroxylation is 2. The van der Waals surface area contributed by atoms with Crippen molar-refractivity contribution < 1.29 is 14.3 Å². The van der Waals surface area contributed by atoms with Crippen LogP contribution in [0, 0.1) is 13.8 Å². The van der Waals surface area contributed by atoms with Crippen molar-refractivity contribution in [2.24, 2.45) is 0 Å². The molecule has 5 nitrogen and oxygen atoms in total. The molecule has 0 unspecified atom stereocenters. The molecule has 3 aromatic carbocycles. The fourth-order valence-electron chi connectivity index (χ4n) is 3.78. The van der Waals surface area contributed by atoms with Crippen molar-refractivity contribution in [1.29, 1.82) is 0 Å². The predicted octanol–water partition coefficient (Wildman–Crippen LogP) is 5.09. The van der Waals surface area contributed by atoms with Crippen LogP contribution in [0.4, 0.5) is 11.4 Å². The number of rotatable bonds is 4. The van der Waals surface area contributed by atoms with E-state index in [1.54, 1.807) is 53.3 Å². The van der Waals surface area contributed by atoms with Crippen LogP contribution in [0.1, 0.15) is 22.7 Å². The molecule has 158 valence electrons. The summed E-state index contributed by atoms with van der Waals surface area (Å²) in [5.74, 6) is 0.353. The van der Waals surface area contributed by atoms with Crippen molar-refractivity contribution in [3.63, 3.8) is 0 Å². The Bertz CT molecular complexity index is 1130. The third kappa shape index (κ3) is 4.01. The van der Waals surface area contributed by atoms with E-state index in [0.717, 1.165) is 16.8 Å². The first kappa shape index (κ1) is 20.9. The smallest absolute Gasteiger partial charge is 0.255 e. The van der Waals surface area contributed by atoms with Gasteiger partial charge in [-0.3, -0.25) is 14.5 Å². The van der Waals surface area contributed by atoms with Crippen LogP contribution in [-0.2, 0) is 9.59 Å². The van der Waals surface area contributed by atoms with Crippen molar-refractivity contribution in [3.8, 4) is 5.75 Å². The highest BCUT2D eigenvalue weighted by atomic mass is 35.5. The van der Waals surface area contributed by atoms with E-state index in [0.29, 0.717) is 22.0 Å². The van der Waals surface area contributed by atoms with Gasteiger partial charge in [-0.2, -0.15) is 0 Å². The van der Waals surface area contributed by atoms with Gasteiger partial charge in [0.2, 0.25) is 5.91 Å². The molecule has 1 aliphatic rings. The summed E-state index contributed by atoms with van der Waals surface area (Å²) in [5, 5.41) is 0.567. The molecule has 0 radical (unpaired) electrons. The van der Waals surface area contributed by atoms with Gasteiger partial charge in [0.25, 0.3) is 5.91 Å². The highest BCUT2D eigenvalue weighted by Gasteiger charge is 2.41. The van der Waals surface area contributed by atoms with Crippen LogP contribution in [0.3, 0.4) is 0 Å². The van der Waals surface area contributed by atoms with Crippen molar-refractivity contribution >= 4 is 34.8 Å². The van der Waals surface area contributed by atoms with Gasteiger partial charge >= 0.3 is 0 Å². The molecule has 31 heavy (non-hydrogen) atoms. The maximum atomic E-state index is 13.7. The van der Waals surface area contributed by atoms with E-state index in [-0.39, 0.29) is 18.4 Å². The number of hydrogen-bond donors (Lipinski definition) is 0. The fraction of sp³-hybridized carbons (Fsp3) is 0.200. The van der Waals surface area contributed by atoms with E-state index in [1.165, 1.54) is 0 Å². The highest BCUT2D eigenvalue weighted by Crippen LogP contribution is 2.36. The largest absolute Gasteiger partial charge is 0.497 e. The second-order valence-corrected chi connectivity index (χ2v) is 8.05. The molecule has 6 heteroatoms. The zero-order valence-electron chi connectivity index (χ0n) is 17.6. The predicted molar refractivity (Wildman–Crippen MR) is 123 cm³/mol. The minimum atomic E-state index is -0.796. The number of nitrogens with zero attached hydrogens (tertiary/aromatic N) is 2. The summed E-state index contributed by atoms with van der Waals surface area (Å²) in [4.78, 5) is 30.2. The zero-order valence-corrected chi connectivity index (χ0v) is 18.4. The van der Waals surface area contributed by atoms with Crippen molar-refractivity contribution in [2.45, 2.75) is 19.9 Å². The van der Waals surface area contributed by atoms with Gasteiger partial charge in [-0.1, -0.05) is 29.8 Å². The Balaban J connectivity index is 1.80. The number of hydrogen-bond acceptors (Lipinski definition) is 3. The quantitative estimate of drug-likeness (QED) is 0.575. The first-order valence-corrected chi connectivity index (χ1v) is 10.4. The standard InChI is InChI=1S/C25H23ClN2O3/c1-16-4-9-21(14-17(16)2)27-15-23(29)28(20-10-7-19(26)8-11-20)24(25(27)30)18-5-12-22(31-3)13-6-18/h4-14,24H,15H2,1-3H3/t24-/m0/s1. The lowest BCUT2D eigenvalue weighted by molar-refractivity contribution is -0.128. The zero-order chi connectivity index (χ0) is 22.1. The monoisotopic (exact) mass is 434 g/mol. The number of benzene rings is 3. The Labute approximate surface area is 186 Å². The minimum Gasteiger partial charge on any atom is -0.497 e. The Morgan fingerprint density at radius 1 is 0.871 bits per heavy atom. The number of amides is 2. The van der Waals surface area contributed by atoms with E-state index in [4.69, 9.17) is 16.3 Å². The van der Waals surface area contributed by atoms with Crippen LogP contribution < -0.4 is 14.5 Å².